The lowest BCUT2D eigenvalue weighted by Crippen LogP contribution is -2.37. The summed E-state index contributed by atoms with van der Waals surface area (Å²) in [5.41, 5.74) is 1.32. The molecule has 0 N–H and O–H groups in total. The molecule has 0 saturated carbocycles. The molecule has 2 aromatic rings. The van der Waals surface area contributed by atoms with Gasteiger partial charge in [-0.25, -0.2) is 0 Å². The second-order valence-corrected chi connectivity index (χ2v) is 7.39. The van der Waals surface area contributed by atoms with Crippen LogP contribution in [0, 0.1) is 11.3 Å². The fraction of sp³-hybridized carbons (Fsp3) is 0.333. The summed E-state index contributed by atoms with van der Waals surface area (Å²) >= 11 is 1.47. The molecule has 5 heteroatoms. The van der Waals surface area contributed by atoms with Crippen molar-refractivity contribution in [2.45, 2.75) is 23.1 Å². The van der Waals surface area contributed by atoms with Crippen LogP contribution in [0.1, 0.15) is 29.3 Å². The number of nitrogens with zero attached hydrogens (tertiary/aromatic N) is 3. The van der Waals surface area contributed by atoms with Gasteiger partial charge in [0.25, 0.3) is 5.91 Å². The minimum Gasteiger partial charge on any atom is -0.337 e. The monoisotopic (exact) mass is 367 g/mol. The zero-order valence-electron chi connectivity index (χ0n) is 15.6. The Balaban J connectivity index is 2.29. The van der Waals surface area contributed by atoms with E-state index in [1.807, 2.05) is 61.5 Å². The van der Waals surface area contributed by atoms with E-state index in [0.717, 1.165) is 29.3 Å². The highest BCUT2D eigenvalue weighted by atomic mass is 32.2. The molecule has 2 aromatic carbocycles. The van der Waals surface area contributed by atoms with Gasteiger partial charge in [0.05, 0.1) is 11.1 Å². The van der Waals surface area contributed by atoms with E-state index in [2.05, 4.69) is 17.9 Å². The number of rotatable bonds is 8. The van der Waals surface area contributed by atoms with Crippen molar-refractivity contribution in [3.05, 3.63) is 59.7 Å². The molecule has 0 saturated heterocycles. The molecule has 0 atom stereocenters. The van der Waals surface area contributed by atoms with Crippen molar-refractivity contribution in [3.63, 3.8) is 0 Å². The maximum atomic E-state index is 13.1. The van der Waals surface area contributed by atoms with Crippen LogP contribution >= 0.6 is 11.8 Å². The predicted octanol–water partition coefficient (Wildman–Crippen LogP) is 4.12. The van der Waals surface area contributed by atoms with Gasteiger partial charge in [-0.05, 0) is 44.8 Å². The minimum atomic E-state index is 0.0474. The molecule has 4 nitrogen and oxygen atoms in total. The third kappa shape index (κ3) is 5.35. The molecular formula is C21H25N3OS. The number of hydrogen-bond acceptors (Lipinski definition) is 4. The molecule has 0 aromatic heterocycles. The second-order valence-electron chi connectivity index (χ2n) is 6.30. The van der Waals surface area contributed by atoms with Gasteiger partial charge in [-0.3, -0.25) is 4.79 Å². The van der Waals surface area contributed by atoms with Crippen LogP contribution < -0.4 is 0 Å². The topological polar surface area (TPSA) is 47.3 Å². The summed E-state index contributed by atoms with van der Waals surface area (Å²) in [6.07, 6.45) is 0.922. The summed E-state index contributed by atoms with van der Waals surface area (Å²) in [4.78, 5) is 18.9. The van der Waals surface area contributed by atoms with Crippen molar-refractivity contribution >= 4 is 17.7 Å². The summed E-state index contributed by atoms with van der Waals surface area (Å²) < 4.78 is 0. The highest BCUT2D eigenvalue weighted by Crippen LogP contribution is 2.33. The lowest BCUT2D eigenvalue weighted by molar-refractivity contribution is 0.0741. The van der Waals surface area contributed by atoms with Crippen molar-refractivity contribution in [1.29, 1.82) is 5.26 Å². The van der Waals surface area contributed by atoms with E-state index < -0.39 is 0 Å². The highest BCUT2D eigenvalue weighted by Gasteiger charge is 2.19. The summed E-state index contributed by atoms with van der Waals surface area (Å²) in [7, 11) is 4.02. The molecule has 0 heterocycles. The maximum Gasteiger partial charge on any atom is 0.255 e. The van der Waals surface area contributed by atoms with Crippen LogP contribution in [0.15, 0.2) is 58.3 Å². The Morgan fingerprint density at radius 2 is 1.65 bits per heavy atom. The third-order valence-electron chi connectivity index (χ3n) is 3.94. The largest absolute Gasteiger partial charge is 0.337 e. The normalized spacial score (nSPS) is 10.6. The molecule has 0 bridgehead atoms. The molecule has 0 aliphatic carbocycles. The molecule has 2 rings (SSSR count). The van der Waals surface area contributed by atoms with Gasteiger partial charge < -0.3 is 9.80 Å². The molecular weight excluding hydrogens is 342 g/mol. The molecule has 0 unspecified atom stereocenters. The van der Waals surface area contributed by atoms with Gasteiger partial charge in [-0.1, -0.05) is 43.0 Å². The molecule has 0 spiro atoms. The molecule has 0 fully saturated rings. The highest BCUT2D eigenvalue weighted by molar-refractivity contribution is 7.99. The zero-order chi connectivity index (χ0) is 18.9. The average molecular weight is 368 g/mol. The summed E-state index contributed by atoms with van der Waals surface area (Å²) in [5, 5.41) is 9.31. The van der Waals surface area contributed by atoms with Crippen LogP contribution in [0.3, 0.4) is 0 Å². The van der Waals surface area contributed by atoms with Crippen molar-refractivity contribution in [2.75, 3.05) is 33.7 Å². The Morgan fingerprint density at radius 1 is 1.00 bits per heavy atom. The Morgan fingerprint density at radius 3 is 2.31 bits per heavy atom. The van der Waals surface area contributed by atoms with Gasteiger partial charge in [0.2, 0.25) is 0 Å². The molecule has 0 aliphatic rings. The smallest absolute Gasteiger partial charge is 0.255 e. The van der Waals surface area contributed by atoms with Gasteiger partial charge >= 0.3 is 0 Å². The lowest BCUT2D eigenvalue weighted by atomic mass is 10.2. The van der Waals surface area contributed by atoms with Gasteiger partial charge in [0.15, 0.2) is 0 Å². The lowest BCUT2D eigenvalue weighted by Gasteiger charge is -2.25. The Bertz CT molecular complexity index is 783. The van der Waals surface area contributed by atoms with Crippen LogP contribution in [0.2, 0.25) is 0 Å². The first-order valence-corrected chi connectivity index (χ1v) is 9.58. The fourth-order valence-corrected chi connectivity index (χ4v) is 3.59. The average Bonchev–Trinajstić information content (AvgIpc) is 2.65. The van der Waals surface area contributed by atoms with E-state index in [1.165, 1.54) is 11.8 Å². The fourth-order valence-electron chi connectivity index (χ4n) is 2.57. The maximum absolute atomic E-state index is 13.1. The predicted molar refractivity (Wildman–Crippen MR) is 106 cm³/mol. The van der Waals surface area contributed by atoms with Crippen LogP contribution in [-0.2, 0) is 0 Å². The molecule has 0 radical (unpaired) electrons. The van der Waals surface area contributed by atoms with E-state index in [4.69, 9.17) is 0 Å². The van der Waals surface area contributed by atoms with Gasteiger partial charge in [0, 0.05) is 29.4 Å². The van der Waals surface area contributed by atoms with Crippen molar-refractivity contribution in [1.82, 2.24) is 9.80 Å². The molecule has 1 amide bonds. The van der Waals surface area contributed by atoms with Crippen LogP contribution in [0.25, 0.3) is 0 Å². The van der Waals surface area contributed by atoms with E-state index in [1.54, 1.807) is 6.07 Å². The number of carbonyl (C=O) groups excluding carboxylic acids is 1. The second kappa shape index (κ2) is 10.0. The third-order valence-corrected chi connectivity index (χ3v) is 5.09. The molecule has 26 heavy (non-hydrogen) atoms. The first-order chi connectivity index (χ1) is 12.6. The van der Waals surface area contributed by atoms with E-state index in [-0.39, 0.29) is 5.91 Å². The minimum absolute atomic E-state index is 0.0474. The summed E-state index contributed by atoms with van der Waals surface area (Å²) in [5.74, 6) is 0.0474. The molecule has 0 aliphatic heterocycles. The number of benzene rings is 2. The SMILES string of the molecule is CCCN(CCN(C)C)C(=O)c1ccccc1Sc1ccccc1C#N. The number of hydrogen-bond donors (Lipinski definition) is 0. The number of nitriles is 1. The van der Waals surface area contributed by atoms with Crippen LogP contribution in [0.4, 0.5) is 0 Å². The summed E-state index contributed by atoms with van der Waals surface area (Å²) in [6.45, 7) is 4.35. The first kappa shape index (κ1) is 20.0. The standard InChI is InChI=1S/C21H25N3OS/c1-4-13-24(15-14-23(2)3)21(25)18-10-6-8-12-20(18)26-19-11-7-5-9-17(19)16-22/h5-12H,4,13-15H2,1-3H3. The number of likely N-dealkylation sites (N-methyl/N-ethyl adjacent to an activating group) is 1. The van der Waals surface area contributed by atoms with E-state index >= 15 is 0 Å². The zero-order valence-corrected chi connectivity index (χ0v) is 16.4. The van der Waals surface area contributed by atoms with Crippen molar-refractivity contribution in [3.8, 4) is 6.07 Å². The van der Waals surface area contributed by atoms with E-state index in [0.29, 0.717) is 17.7 Å². The Kier molecular flexibility index (Phi) is 7.71. The number of carbonyl (C=O) groups is 1. The van der Waals surface area contributed by atoms with Gasteiger partial charge in [-0.2, -0.15) is 5.26 Å². The Hall–Kier alpha value is -2.29. The van der Waals surface area contributed by atoms with Crippen LogP contribution in [-0.4, -0.2) is 49.4 Å². The quantitative estimate of drug-likeness (QED) is 0.704. The first-order valence-electron chi connectivity index (χ1n) is 8.76. The van der Waals surface area contributed by atoms with Gasteiger partial charge in [-0.15, -0.1) is 0 Å². The van der Waals surface area contributed by atoms with Crippen molar-refractivity contribution < 1.29 is 4.79 Å². The van der Waals surface area contributed by atoms with Crippen molar-refractivity contribution in [2.24, 2.45) is 0 Å². The van der Waals surface area contributed by atoms with E-state index in [9.17, 15) is 10.1 Å². The Labute approximate surface area is 160 Å². The summed E-state index contributed by atoms with van der Waals surface area (Å²) in [6, 6.07) is 17.3. The molecule has 136 valence electrons. The van der Waals surface area contributed by atoms with Gasteiger partial charge in [0.1, 0.15) is 6.07 Å². The number of amides is 1. The van der Waals surface area contributed by atoms with Crippen LogP contribution in [0.5, 0.6) is 0 Å².